The van der Waals surface area contributed by atoms with Crippen molar-refractivity contribution < 1.29 is 9.13 Å². The van der Waals surface area contributed by atoms with Crippen LogP contribution in [0.2, 0.25) is 0 Å². The third-order valence-electron chi connectivity index (χ3n) is 1.91. The molecule has 78 valence electrons. The summed E-state index contributed by atoms with van der Waals surface area (Å²) in [4.78, 5) is 3.98. The molecule has 0 saturated heterocycles. The molecule has 0 aliphatic heterocycles. The van der Waals surface area contributed by atoms with Crippen LogP contribution in [0.4, 0.5) is 10.2 Å². The number of anilines is 1. The SMILES string of the molecule is CCc1cc(F)cnc1NCCOC. The molecule has 0 bridgehead atoms. The highest BCUT2D eigenvalue weighted by molar-refractivity contribution is 5.43. The molecule has 0 saturated carbocycles. The van der Waals surface area contributed by atoms with Crippen molar-refractivity contribution in [2.75, 3.05) is 25.6 Å². The van der Waals surface area contributed by atoms with E-state index < -0.39 is 0 Å². The normalized spacial score (nSPS) is 10.2. The van der Waals surface area contributed by atoms with Gasteiger partial charge >= 0.3 is 0 Å². The molecule has 0 spiro atoms. The van der Waals surface area contributed by atoms with Gasteiger partial charge in [0.05, 0.1) is 12.8 Å². The zero-order valence-electron chi connectivity index (χ0n) is 8.51. The lowest BCUT2D eigenvalue weighted by Gasteiger charge is -2.08. The molecule has 0 aromatic carbocycles. The molecular formula is C10H15FN2O. The standard InChI is InChI=1S/C10H15FN2O/c1-3-8-6-9(11)7-13-10(8)12-4-5-14-2/h6-7H,3-5H2,1-2H3,(H,12,13). The van der Waals surface area contributed by atoms with Crippen molar-refractivity contribution in [2.45, 2.75) is 13.3 Å². The monoisotopic (exact) mass is 198 g/mol. The molecule has 1 N–H and O–H groups in total. The van der Waals surface area contributed by atoms with Crippen LogP contribution in [-0.4, -0.2) is 25.2 Å². The number of ether oxygens (including phenoxy) is 1. The van der Waals surface area contributed by atoms with Crippen molar-refractivity contribution in [3.63, 3.8) is 0 Å². The summed E-state index contributed by atoms with van der Waals surface area (Å²) in [5.41, 5.74) is 0.890. The number of pyridine rings is 1. The summed E-state index contributed by atoms with van der Waals surface area (Å²) in [5, 5.41) is 3.09. The Kier molecular flexibility index (Phi) is 4.32. The van der Waals surface area contributed by atoms with Crippen molar-refractivity contribution in [3.05, 3.63) is 23.6 Å². The average Bonchev–Trinajstić information content (AvgIpc) is 2.20. The van der Waals surface area contributed by atoms with E-state index >= 15 is 0 Å². The highest BCUT2D eigenvalue weighted by Crippen LogP contribution is 2.13. The number of rotatable bonds is 5. The molecule has 1 aromatic heterocycles. The fourth-order valence-corrected chi connectivity index (χ4v) is 1.18. The summed E-state index contributed by atoms with van der Waals surface area (Å²) in [7, 11) is 1.64. The fraction of sp³-hybridized carbons (Fsp3) is 0.500. The van der Waals surface area contributed by atoms with Crippen LogP contribution in [0.25, 0.3) is 0 Å². The molecule has 0 atom stereocenters. The van der Waals surface area contributed by atoms with E-state index in [9.17, 15) is 4.39 Å². The van der Waals surface area contributed by atoms with Crippen molar-refractivity contribution in [3.8, 4) is 0 Å². The molecule has 1 rings (SSSR count). The lowest BCUT2D eigenvalue weighted by Crippen LogP contribution is -2.10. The maximum Gasteiger partial charge on any atom is 0.141 e. The van der Waals surface area contributed by atoms with Crippen molar-refractivity contribution in [2.24, 2.45) is 0 Å². The molecule has 1 heterocycles. The number of nitrogens with zero attached hydrogens (tertiary/aromatic N) is 1. The second-order valence-electron chi connectivity index (χ2n) is 2.93. The number of aryl methyl sites for hydroxylation is 1. The van der Waals surface area contributed by atoms with E-state index in [1.165, 1.54) is 12.3 Å². The van der Waals surface area contributed by atoms with Gasteiger partial charge in [0.2, 0.25) is 0 Å². The molecule has 1 aromatic rings. The summed E-state index contributed by atoms with van der Waals surface area (Å²) in [6, 6.07) is 1.50. The Labute approximate surface area is 83.3 Å². The van der Waals surface area contributed by atoms with E-state index in [0.29, 0.717) is 13.2 Å². The van der Waals surface area contributed by atoms with Crippen LogP contribution in [0.3, 0.4) is 0 Å². The minimum atomic E-state index is -0.292. The van der Waals surface area contributed by atoms with Gasteiger partial charge in [0.1, 0.15) is 11.6 Å². The van der Waals surface area contributed by atoms with Crippen LogP contribution in [0.1, 0.15) is 12.5 Å². The van der Waals surface area contributed by atoms with Gasteiger partial charge in [-0.15, -0.1) is 0 Å². The molecule has 0 unspecified atom stereocenters. The summed E-state index contributed by atoms with van der Waals surface area (Å²) < 4.78 is 17.7. The summed E-state index contributed by atoms with van der Waals surface area (Å²) in [6.45, 7) is 3.27. The maximum absolute atomic E-state index is 12.8. The Morgan fingerprint density at radius 3 is 3.00 bits per heavy atom. The maximum atomic E-state index is 12.8. The van der Waals surface area contributed by atoms with Crippen molar-refractivity contribution in [1.29, 1.82) is 0 Å². The minimum Gasteiger partial charge on any atom is -0.383 e. The predicted octanol–water partition coefficient (Wildman–Crippen LogP) is 1.84. The van der Waals surface area contributed by atoms with Gasteiger partial charge in [0.25, 0.3) is 0 Å². The first-order valence-corrected chi connectivity index (χ1v) is 4.65. The van der Waals surface area contributed by atoms with Crippen LogP contribution in [0.5, 0.6) is 0 Å². The first kappa shape index (κ1) is 10.9. The van der Waals surface area contributed by atoms with Gasteiger partial charge < -0.3 is 10.1 Å². The minimum absolute atomic E-state index is 0.292. The third-order valence-corrected chi connectivity index (χ3v) is 1.91. The number of hydrogen-bond acceptors (Lipinski definition) is 3. The van der Waals surface area contributed by atoms with E-state index in [4.69, 9.17) is 4.74 Å². The molecular weight excluding hydrogens is 183 g/mol. The number of methoxy groups -OCH3 is 1. The summed E-state index contributed by atoms with van der Waals surface area (Å²) in [5.74, 6) is 0.449. The van der Waals surface area contributed by atoms with Gasteiger partial charge in [-0.1, -0.05) is 6.92 Å². The first-order chi connectivity index (χ1) is 6.77. The third kappa shape index (κ3) is 2.96. The zero-order valence-corrected chi connectivity index (χ0v) is 8.51. The number of hydrogen-bond donors (Lipinski definition) is 1. The highest BCUT2D eigenvalue weighted by atomic mass is 19.1. The van der Waals surface area contributed by atoms with Crippen molar-refractivity contribution in [1.82, 2.24) is 4.98 Å². The molecule has 0 fully saturated rings. The molecule has 0 radical (unpaired) electrons. The van der Waals surface area contributed by atoms with E-state index in [-0.39, 0.29) is 5.82 Å². The number of aromatic nitrogens is 1. The molecule has 4 heteroatoms. The molecule has 0 aliphatic carbocycles. The van der Waals surface area contributed by atoms with Gasteiger partial charge in [0, 0.05) is 13.7 Å². The van der Waals surface area contributed by atoms with Gasteiger partial charge in [-0.2, -0.15) is 0 Å². The average molecular weight is 198 g/mol. The molecule has 14 heavy (non-hydrogen) atoms. The van der Waals surface area contributed by atoms with Crippen LogP contribution < -0.4 is 5.32 Å². The number of halogens is 1. The Hall–Kier alpha value is -1.16. The largest absolute Gasteiger partial charge is 0.383 e. The van der Waals surface area contributed by atoms with Crippen LogP contribution >= 0.6 is 0 Å². The Bertz CT molecular complexity index is 291. The van der Waals surface area contributed by atoms with Crippen LogP contribution in [0.15, 0.2) is 12.3 Å². The second kappa shape index (κ2) is 5.54. The Balaban J connectivity index is 2.65. The van der Waals surface area contributed by atoms with Gasteiger partial charge in [0.15, 0.2) is 0 Å². The lowest BCUT2D eigenvalue weighted by molar-refractivity contribution is 0.210. The second-order valence-corrected chi connectivity index (χ2v) is 2.93. The Morgan fingerprint density at radius 1 is 1.57 bits per heavy atom. The van der Waals surface area contributed by atoms with E-state index in [1.807, 2.05) is 6.92 Å². The zero-order chi connectivity index (χ0) is 10.4. The first-order valence-electron chi connectivity index (χ1n) is 4.65. The molecule has 3 nitrogen and oxygen atoms in total. The quantitative estimate of drug-likeness (QED) is 0.733. The van der Waals surface area contributed by atoms with Gasteiger partial charge in [-0.05, 0) is 18.1 Å². The van der Waals surface area contributed by atoms with Gasteiger partial charge in [-0.3, -0.25) is 0 Å². The van der Waals surface area contributed by atoms with E-state index in [0.717, 1.165) is 17.8 Å². The molecule has 0 aliphatic rings. The Morgan fingerprint density at radius 2 is 2.36 bits per heavy atom. The van der Waals surface area contributed by atoms with Crippen molar-refractivity contribution >= 4 is 5.82 Å². The topological polar surface area (TPSA) is 34.2 Å². The fourth-order valence-electron chi connectivity index (χ4n) is 1.18. The predicted molar refractivity (Wildman–Crippen MR) is 53.9 cm³/mol. The number of nitrogens with one attached hydrogen (secondary N) is 1. The van der Waals surface area contributed by atoms with Crippen LogP contribution in [-0.2, 0) is 11.2 Å². The summed E-state index contributed by atoms with van der Waals surface area (Å²) in [6.07, 6.45) is 1.98. The van der Waals surface area contributed by atoms with Gasteiger partial charge in [-0.25, -0.2) is 9.37 Å². The van der Waals surface area contributed by atoms with E-state index in [2.05, 4.69) is 10.3 Å². The smallest absolute Gasteiger partial charge is 0.141 e. The molecule has 0 amide bonds. The lowest BCUT2D eigenvalue weighted by atomic mass is 10.2. The van der Waals surface area contributed by atoms with Crippen LogP contribution in [0, 0.1) is 5.82 Å². The summed E-state index contributed by atoms with van der Waals surface area (Å²) >= 11 is 0. The highest BCUT2D eigenvalue weighted by Gasteiger charge is 2.02. The van der Waals surface area contributed by atoms with E-state index in [1.54, 1.807) is 7.11 Å².